The Morgan fingerprint density at radius 1 is 1.25 bits per heavy atom. The summed E-state index contributed by atoms with van der Waals surface area (Å²) in [5.74, 6) is 0. The highest BCUT2D eigenvalue weighted by molar-refractivity contribution is 5.74. The van der Waals surface area contributed by atoms with E-state index < -0.39 is 0 Å². The molecule has 3 nitrogen and oxygen atoms in total. The quantitative estimate of drug-likeness (QED) is 0.722. The van der Waals surface area contributed by atoms with Crippen molar-refractivity contribution in [1.29, 1.82) is 0 Å². The number of rotatable bonds is 0. The van der Waals surface area contributed by atoms with Crippen LogP contribution in [0.25, 0.3) is 6.08 Å². The molecule has 1 amide bonds. The van der Waals surface area contributed by atoms with E-state index in [-0.39, 0.29) is 18.2 Å². The minimum atomic E-state index is -0.328. The van der Waals surface area contributed by atoms with Crippen LogP contribution in [0.1, 0.15) is 28.4 Å². The Labute approximate surface area is 94.1 Å². The topological polar surface area (TPSA) is 38.3 Å². The summed E-state index contributed by atoms with van der Waals surface area (Å²) in [4.78, 5) is 11.2. The Balaban J connectivity index is 2.14. The molecule has 2 aliphatic rings. The molecule has 0 saturated carbocycles. The van der Waals surface area contributed by atoms with Gasteiger partial charge in [0.2, 0.25) is 0 Å². The molecule has 1 aromatic rings. The van der Waals surface area contributed by atoms with Crippen LogP contribution in [0.4, 0.5) is 4.79 Å². The number of ether oxygens (including phenoxy) is 1. The van der Waals surface area contributed by atoms with E-state index in [1.54, 1.807) is 0 Å². The zero-order chi connectivity index (χ0) is 11.3. The van der Waals surface area contributed by atoms with E-state index in [1.807, 2.05) is 6.08 Å². The number of alkyl carbamates (subject to hydrolysis) is 1. The van der Waals surface area contributed by atoms with E-state index in [0.717, 1.165) is 11.1 Å². The van der Waals surface area contributed by atoms with Gasteiger partial charge >= 0.3 is 6.09 Å². The van der Waals surface area contributed by atoms with E-state index in [4.69, 9.17) is 4.74 Å². The van der Waals surface area contributed by atoms with Crippen molar-refractivity contribution in [2.24, 2.45) is 0 Å². The van der Waals surface area contributed by atoms with Gasteiger partial charge in [-0.2, -0.15) is 0 Å². The molecule has 1 aliphatic heterocycles. The molecular formula is C13H13NO2. The lowest BCUT2D eigenvalue weighted by molar-refractivity contribution is 0.135. The van der Waals surface area contributed by atoms with E-state index in [9.17, 15) is 4.79 Å². The second kappa shape index (κ2) is 3.11. The number of nitrogens with one attached hydrogen (secondary N) is 1. The molecule has 1 N–H and O–H groups in total. The fourth-order valence-electron chi connectivity index (χ4n) is 2.30. The first-order valence-electron chi connectivity index (χ1n) is 5.41. The van der Waals surface area contributed by atoms with Crippen LogP contribution in [0, 0.1) is 13.8 Å². The van der Waals surface area contributed by atoms with Crippen LogP contribution in [0.15, 0.2) is 18.2 Å². The maximum absolute atomic E-state index is 11.2. The van der Waals surface area contributed by atoms with Gasteiger partial charge in [-0.05, 0) is 30.5 Å². The third-order valence-corrected chi connectivity index (χ3v) is 3.33. The van der Waals surface area contributed by atoms with Crippen LogP contribution >= 0.6 is 0 Å². The molecule has 3 heteroatoms. The minimum absolute atomic E-state index is 0.0119. The van der Waals surface area contributed by atoms with Crippen LogP contribution in [-0.2, 0) is 4.74 Å². The van der Waals surface area contributed by atoms with Crippen molar-refractivity contribution in [3.05, 3.63) is 40.5 Å². The lowest BCUT2D eigenvalue weighted by Crippen LogP contribution is -2.27. The smallest absolute Gasteiger partial charge is 0.408 e. The highest BCUT2D eigenvalue weighted by Crippen LogP contribution is 2.35. The number of carbonyl (C=O) groups is 1. The number of amides is 1. The summed E-state index contributed by atoms with van der Waals surface area (Å²) in [6.45, 7) is 4.17. The maximum Gasteiger partial charge on any atom is 0.408 e. The van der Waals surface area contributed by atoms with Gasteiger partial charge in [0.25, 0.3) is 0 Å². The maximum atomic E-state index is 11.2. The molecule has 0 spiro atoms. The first-order chi connectivity index (χ1) is 7.65. The molecule has 1 heterocycles. The summed E-state index contributed by atoms with van der Waals surface area (Å²) >= 11 is 0. The van der Waals surface area contributed by atoms with Gasteiger partial charge in [-0.15, -0.1) is 0 Å². The van der Waals surface area contributed by atoms with Crippen LogP contribution in [-0.4, -0.2) is 12.1 Å². The van der Waals surface area contributed by atoms with Crippen LogP contribution in [0.3, 0.4) is 0 Å². The molecular weight excluding hydrogens is 202 g/mol. The minimum Gasteiger partial charge on any atom is -0.439 e. The second-order valence-electron chi connectivity index (χ2n) is 4.42. The van der Waals surface area contributed by atoms with Gasteiger partial charge in [-0.1, -0.05) is 24.3 Å². The van der Waals surface area contributed by atoms with Gasteiger partial charge in [-0.3, -0.25) is 0 Å². The highest BCUT2D eigenvalue weighted by Gasteiger charge is 2.36. The molecule has 0 radical (unpaired) electrons. The van der Waals surface area contributed by atoms with Crippen molar-refractivity contribution >= 4 is 12.2 Å². The van der Waals surface area contributed by atoms with E-state index >= 15 is 0 Å². The predicted octanol–water partition coefficient (Wildman–Crippen LogP) is 2.48. The largest absolute Gasteiger partial charge is 0.439 e. The van der Waals surface area contributed by atoms with Crippen molar-refractivity contribution < 1.29 is 9.53 Å². The number of hydrogen-bond donors (Lipinski definition) is 1. The molecule has 16 heavy (non-hydrogen) atoms. The molecule has 0 unspecified atom stereocenters. The molecule has 1 fully saturated rings. The van der Waals surface area contributed by atoms with Gasteiger partial charge in [0.15, 0.2) is 6.10 Å². The zero-order valence-electron chi connectivity index (χ0n) is 9.28. The van der Waals surface area contributed by atoms with Crippen molar-refractivity contribution in [2.75, 3.05) is 0 Å². The van der Waals surface area contributed by atoms with E-state index in [2.05, 4.69) is 37.4 Å². The van der Waals surface area contributed by atoms with Gasteiger partial charge < -0.3 is 10.1 Å². The Hall–Kier alpha value is -1.77. The van der Waals surface area contributed by atoms with Gasteiger partial charge in [0.1, 0.15) is 0 Å². The molecule has 1 aliphatic carbocycles. The molecule has 1 saturated heterocycles. The normalized spacial score (nSPS) is 25.8. The monoisotopic (exact) mass is 215 g/mol. The fraction of sp³-hybridized carbons (Fsp3) is 0.308. The molecule has 0 bridgehead atoms. The Bertz CT molecular complexity index is 505. The lowest BCUT2D eigenvalue weighted by Gasteiger charge is -2.22. The average molecular weight is 215 g/mol. The number of aryl methyl sites for hydroxylation is 2. The predicted molar refractivity (Wildman–Crippen MR) is 61.1 cm³/mol. The summed E-state index contributed by atoms with van der Waals surface area (Å²) in [5.41, 5.74) is 4.75. The summed E-state index contributed by atoms with van der Waals surface area (Å²) < 4.78 is 5.29. The Morgan fingerprint density at radius 2 is 2.00 bits per heavy atom. The highest BCUT2D eigenvalue weighted by atomic mass is 16.6. The molecule has 2 atom stereocenters. The van der Waals surface area contributed by atoms with Gasteiger partial charge in [-0.25, -0.2) is 4.79 Å². The van der Waals surface area contributed by atoms with E-state index in [0.29, 0.717) is 0 Å². The van der Waals surface area contributed by atoms with Gasteiger partial charge in [0, 0.05) is 5.56 Å². The number of benzene rings is 1. The Morgan fingerprint density at radius 3 is 2.81 bits per heavy atom. The van der Waals surface area contributed by atoms with Crippen LogP contribution < -0.4 is 5.32 Å². The number of fused-ring (bicyclic) bond motifs is 3. The van der Waals surface area contributed by atoms with Crippen molar-refractivity contribution in [3.8, 4) is 0 Å². The van der Waals surface area contributed by atoms with Crippen molar-refractivity contribution in [1.82, 2.24) is 5.32 Å². The first kappa shape index (κ1) is 9.46. The SMILES string of the molecule is Cc1cc2c(cc1C)[C@H]1OC(=O)N[C@@H]1C=C2. The molecule has 3 rings (SSSR count). The number of hydrogen-bond acceptors (Lipinski definition) is 2. The standard InChI is InChI=1S/C13H13NO2/c1-7-5-9-3-4-11-12(16-13(15)14-11)10(9)6-8(7)2/h3-6,11-12H,1-2H3,(H,14,15)/t11-,12-/m1/s1. The summed E-state index contributed by atoms with van der Waals surface area (Å²) in [6, 6.07) is 4.25. The average Bonchev–Trinajstić information content (AvgIpc) is 2.61. The van der Waals surface area contributed by atoms with Crippen LogP contribution in [0.2, 0.25) is 0 Å². The van der Waals surface area contributed by atoms with Gasteiger partial charge in [0.05, 0.1) is 6.04 Å². The molecule has 82 valence electrons. The third kappa shape index (κ3) is 1.24. The second-order valence-corrected chi connectivity index (χ2v) is 4.42. The van der Waals surface area contributed by atoms with E-state index in [1.165, 1.54) is 11.1 Å². The number of carbonyl (C=O) groups excluding carboxylic acids is 1. The summed E-state index contributed by atoms with van der Waals surface area (Å²) in [5, 5.41) is 2.78. The summed E-state index contributed by atoms with van der Waals surface area (Å²) in [6.07, 6.45) is 3.56. The summed E-state index contributed by atoms with van der Waals surface area (Å²) in [7, 11) is 0. The molecule has 0 aromatic heterocycles. The molecule has 1 aromatic carbocycles. The van der Waals surface area contributed by atoms with Crippen molar-refractivity contribution in [2.45, 2.75) is 26.0 Å². The van der Waals surface area contributed by atoms with Crippen LogP contribution in [0.5, 0.6) is 0 Å². The first-order valence-corrected chi connectivity index (χ1v) is 5.41. The van der Waals surface area contributed by atoms with Crippen molar-refractivity contribution in [3.63, 3.8) is 0 Å². The Kier molecular flexibility index (Phi) is 1.84. The fourth-order valence-corrected chi connectivity index (χ4v) is 2.30. The third-order valence-electron chi connectivity index (χ3n) is 3.33. The zero-order valence-corrected chi connectivity index (χ0v) is 9.28. The lowest BCUT2D eigenvalue weighted by atomic mass is 9.89.